The number of methoxy groups -OCH3 is 1. The van der Waals surface area contributed by atoms with E-state index in [9.17, 15) is 17.1 Å². The maximum absolute atomic E-state index is 12.8. The van der Waals surface area contributed by atoms with Gasteiger partial charge in [0.2, 0.25) is 0 Å². The summed E-state index contributed by atoms with van der Waals surface area (Å²) < 4.78 is 38.5. The van der Waals surface area contributed by atoms with Gasteiger partial charge in [0.05, 0.1) is 22.7 Å². The Kier molecular flexibility index (Phi) is 3.77. The van der Waals surface area contributed by atoms with E-state index < -0.39 is 26.1 Å². The molecule has 16 heavy (non-hydrogen) atoms. The lowest BCUT2D eigenvalue weighted by atomic mass is 10.2. The van der Waals surface area contributed by atoms with E-state index in [1.54, 1.807) is 0 Å². The van der Waals surface area contributed by atoms with Gasteiger partial charge in [-0.05, 0) is 12.1 Å². The molecule has 88 valence electrons. The highest BCUT2D eigenvalue weighted by molar-refractivity contribution is 7.86. The van der Waals surface area contributed by atoms with Gasteiger partial charge in [-0.15, -0.1) is 3.89 Å². The fourth-order valence-corrected chi connectivity index (χ4v) is 2.27. The van der Waals surface area contributed by atoms with E-state index in [2.05, 4.69) is 4.74 Å². The molecule has 0 saturated carbocycles. The number of hydrogen-bond donors (Lipinski definition) is 0. The second kappa shape index (κ2) is 4.57. The molecule has 0 heterocycles. The van der Waals surface area contributed by atoms with Crippen LogP contribution >= 0.6 is 23.2 Å². The van der Waals surface area contributed by atoms with Crippen molar-refractivity contribution in [3.05, 3.63) is 27.7 Å². The Morgan fingerprint density at radius 2 is 1.88 bits per heavy atom. The molecule has 0 atom stereocenters. The molecule has 1 rings (SSSR count). The topological polar surface area (TPSA) is 60.4 Å². The Balaban J connectivity index is 3.51. The van der Waals surface area contributed by atoms with Gasteiger partial charge in [-0.1, -0.05) is 23.2 Å². The highest BCUT2D eigenvalue weighted by Gasteiger charge is 2.22. The molecule has 1 aromatic rings. The van der Waals surface area contributed by atoms with E-state index >= 15 is 0 Å². The van der Waals surface area contributed by atoms with Gasteiger partial charge in [-0.2, -0.15) is 8.42 Å². The van der Waals surface area contributed by atoms with E-state index in [1.165, 1.54) is 0 Å². The van der Waals surface area contributed by atoms with Crippen LogP contribution < -0.4 is 0 Å². The Hall–Kier alpha value is -0.850. The Morgan fingerprint density at radius 1 is 1.31 bits per heavy atom. The Bertz CT molecular complexity index is 541. The monoisotopic (exact) mass is 286 g/mol. The number of esters is 1. The molecule has 1 aromatic carbocycles. The van der Waals surface area contributed by atoms with Crippen molar-refractivity contribution >= 4 is 39.4 Å². The Morgan fingerprint density at radius 3 is 2.31 bits per heavy atom. The van der Waals surface area contributed by atoms with E-state index in [1.807, 2.05) is 0 Å². The maximum Gasteiger partial charge on any atom is 0.339 e. The summed E-state index contributed by atoms with van der Waals surface area (Å²) >= 11 is 11.1. The first-order valence-corrected chi connectivity index (χ1v) is 5.93. The first-order valence-electron chi connectivity index (χ1n) is 3.79. The molecule has 4 nitrogen and oxygen atoms in total. The van der Waals surface area contributed by atoms with Crippen LogP contribution in [0.4, 0.5) is 3.89 Å². The van der Waals surface area contributed by atoms with Crippen LogP contribution in [0.5, 0.6) is 0 Å². The molecule has 0 radical (unpaired) electrons. The lowest BCUT2D eigenvalue weighted by molar-refractivity contribution is 0.0600. The molecule has 0 N–H and O–H groups in total. The smallest absolute Gasteiger partial charge is 0.339 e. The predicted molar refractivity (Wildman–Crippen MR) is 56.1 cm³/mol. The van der Waals surface area contributed by atoms with Gasteiger partial charge in [0.1, 0.15) is 4.90 Å². The quantitative estimate of drug-likeness (QED) is 0.619. The molecule has 0 aliphatic rings. The summed E-state index contributed by atoms with van der Waals surface area (Å²) in [6.45, 7) is 0. The van der Waals surface area contributed by atoms with Crippen LogP contribution in [0.2, 0.25) is 10.0 Å². The second-order valence-electron chi connectivity index (χ2n) is 2.69. The lowest BCUT2D eigenvalue weighted by Gasteiger charge is -2.05. The summed E-state index contributed by atoms with van der Waals surface area (Å²) in [7, 11) is -3.93. The minimum atomic E-state index is -5.01. The van der Waals surface area contributed by atoms with Gasteiger partial charge >= 0.3 is 16.2 Å². The lowest BCUT2D eigenvalue weighted by Crippen LogP contribution is -2.04. The number of rotatable bonds is 2. The van der Waals surface area contributed by atoms with Gasteiger partial charge in [0.25, 0.3) is 0 Å². The molecule has 0 spiro atoms. The van der Waals surface area contributed by atoms with Crippen molar-refractivity contribution in [3.8, 4) is 0 Å². The zero-order valence-electron chi connectivity index (χ0n) is 7.83. The average Bonchev–Trinajstić information content (AvgIpc) is 2.14. The average molecular weight is 287 g/mol. The molecule has 0 aliphatic heterocycles. The minimum absolute atomic E-state index is 0.121. The van der Waals surface area contributed by atoms with Crippen molar-refractivity contribution in [2.75, 3.05) is 7.11 Å². The van der Waals surface area contributed by atoms with Crippen molar-refractivity contribution in [1.82, 2.24) is 0 Å². The molecule has 8 heteroatoms. The predicted octanol–water partition coefficient (Wildman–Crippen LogP) is 2.44. The zero-order valence-corrected chi connectivity index (χ0v) is 10.2. The third-order valence-corrected chi connectivity index (χ3v) is 3.29. The van der Waals surface area contributed by atoms with Crippen LogP contribution in [0.1, 0.15) is 10.4 Å². The Labute approximate surface area is 101 Å². The van der Waals surface area contributed by atoms with E-state index in [4.69, 9.17) is 23.2 Å². The van der Waals surface area contributed by atoms with Gasteiger partial charge in [-0.3, -0.25) is 0 Å². The molecule has 0 unspecified atom stereocenters. The van der Waals surface area contributed by atoms with Crippen molar-refractivity contribution in [2.24, 2.45) is 0 Å². The first-order chi connectivity index (χ1) is 7.27. The number of benzene rings is 1. The summed E-state index contributed by atoms with van der Waals surface area (Å²) in [5.74, 6) is -0.883. The van der Waals surface area contributed by atoms with Gasteiger partial charge in [0, 0.05) is 0 Å². The SMILES string of the molecule is COC(=O)c1cc(S(=O)(=O)F)c(Cl)cc1Cl. The van der Waals surface area contributed by atoms with E-state index in [0.29, 0.717) is 0 Å². The zero-order chi connectivity index (χ0) is 12.5. The first kappa shape index (κ1) is 13.2. The van der Waals surface area contributed by atoms with Crippen LogP contribution in [0.3, 0.4) is 0 Å². The van der Waals surface area contributed by atoms with Crippen molar-refractivity contribution in [2.45, 2.75) is 4.90 Å². The minimum Gasteiger partial charge on any atom is -0.465 e. The normalized spacial score (nSPS) is 11.2. The molecular formula is C8H5Cl2FO4S. The van der Waals surface area contributed by atoms with Crippen LogP contribution in [0.25, 0.3) is 0 Å². The van der Waals surface area contributed by atoms with Gasteiger partial charge in [0.15, 0.2) is 0 Å². The maximum atomic E-state index is 12.8. The van der Waals surface area contributed by atoms with Gasteiger partial charge < -0.3 is 4.74 Å². The molecule has 0 amide bonds. The molecular weight excluding hydrogens is 282 g/mol. The number of carbonyl (C=O) groups excluding carboxylic acids is 1. The number of hydrogen-bond acceptors (Lipinski definition) is 4. The highest BCUT2D eigenvalue weighted by Crippen LogP contribution is 2.30. The highest BCUT2D eigenvalue weighted by atomic mass is 35.5. The molecule has 0 fully saturated rings. The molecule has 0 bridgehead atoms. The largest absolute Gasteiger partial charge is 0.465 e. The van der Waals surface area contributed by atoms with Crippen molar-refractivity contribution in [1.29, 1.82) is 0 Å². The number of ether oxygens (including phenoxy) is 1. The van der Waals surface area contributed by atoms with Crippen LogP contribution in [0, 0.1) is 0 Å². The summed E-state index contributed by atoms with van der Waals surface area (Å²) in [4.78, 5) is 10.3. The van der Waals surface area contributed by atoms with Crippen LogP contribution in [0.15, 0.2) is 17.0 Å². The van der Waals surface area contributed by atoms with E-state index in [0.717, 1.165) is 19.2 Å². The fraction of sp³-hybridized carbons (Fsp3) is 0.125. The second-order valence-corrected chi connectivity index (χ2v) is 4.82. The summed E-state index contributed by atoms with van der Waals surface area (Å²) in [6, 6.07) is 1.69. The summed E-state index contributed by atoms with van der Waals surface area (Å²) in [6.07, 6.45) is 0. The summed E-state index contributed by atoms with van der Waals surface area (Å²) in [5.41, 5.74) is -0.273. The van der Waals surface area contributed by atoms with Crippen molar-refractivity contribution < 1.29 is 21.8 Å². The third-order valence-electron chi connectivity index (χ3n) is 1.69. The van der Waals surface area contributed by atoms with Crippen LogP contribution in [-0.2, 0) is 15.0 Å². The number of halogens is 3. The fourth-order valence-electron chi connectivity index (χ4n) is 0.982. The third kappa shape index (κ3) is 2.63. The molecule has 0 aromatic heterocycles. The molecule has 0 saturated heterocycles. The standard InChI is InChI=1S/C8H5Cl2FO4S/c1-15-8(12)4-2-7(16(11,13)14)6(10)3-5(4)9/h2-3H,1H3. The number of carbonyl (C=O) groups is 1. The van der Waals surface area contributed by atoms with Crippen molar-refractivity contribution in [3.63, 3.8) is 0 Å². The van der Waals surface area contributed by atoms with E-state index in [-0.39, 0.29) is 10.6 Å². The van der Waals surface area contributed by atoms with Crippen LogP contribution in [-0.4, -0.2) is 21.5 Å². The van der Waals surface area contributed by atoms with Gasteiger partial charge in [-0.25, -0.2) is 4.79 Å². The molecule has 0 aliphatic carbocycles. The summed E-state index contributed by atoms with van der Waals surface area (Å²) in [5, 5.41) is -0.524.